The molecule has 1 aliphatic rings. The van der Waals surface area contributed by atoms with Gasteiger partial charge in [0, 0.05) is 6.04 Å². The van der Waals surface area contributed by atoms with Crippen LogP contribution in [0.25, 0.3) is 0 Å². The Labute approximate surface area is 131 Å². The minimum absolute atomic E-state index is 0.319. The Balaban J connectivity index is 2.19. The summed E-state index contributed by atoms with van der Waals surface area (Å²) in [5.41, 5.74) is -1.45. The van der Waals surface area contributed by atoms with Crippen molar-refractivity contribution < 1.29 is 27.9 Å². The number of aliphatic carboxylic acids is 1. The van der Waals surface area contributed by atoms with Gasteiger partial charge in [-0.1, -0.05) is 18.2 Å². The van der Waals surface area contributed by atoms with Gasteiger partial charge in [-0.05, 0) is 38.3 Å². The van der Waals surface area contributed by atoms with Gasteiger partial charge in [-0.3, -0.25) is 9.59 Å². The van der Waals surface area contributed by atoms with E-state index < -0.39 is 41.0 Å². The van der Waals surface area contributed by atoms with Gasteiger partial charge in [0.05, 0.1) is 16.9 Å². The van der Waals surface area contributed by atoms with Gasteiger partial charge in [-0.25, -0.2) is 0 Å². The van der Waals surface area contributed by atoms with Crippen LogP contribution in [-0.4, -0.2) is 23.0 Å². The van der Waals surface area contributed by atoms with E-state index in [0.717, 1.165) is 12.1 Å². The summed E-state index contributed by atoms with van der Waals surface area (Å²) in [7, 11) is 0. The van der Waals surface area contributed by atoms with Crippen LogP contribution in [0.1, 0.15) is 37.8 Å². The number of nitrogens with one attached hydrogen (secondary N) is 1. The van der Waals surface area contributed by atoms with Crippen LogP contribution >= 0.6 is 0 Å². The third-order valence-corrected chi connectivity index (χ3v) is 4.43. The summed E-state index contributed by atoms with van der Waals surface area (Å²) in [4.78, 5) is 23.4. The van der Waals surface area contributed by atoms with Crippen LogP contribution in [0, 0.1) is 5.92 Å². The lowest BCUT2D eigenvalue weighted by molar-refractivity contribution is -0.142. The van der Waals surface area contributed by atoms with E-state index in [1.54, 1.807) is 6.92 Å². The Hall–Kier alpha value is -2.05. The fourth-order valence-electron chi connectivity index (χ4n) is 2.45. The van der Waals surface area contributed by atoms with Crippen molar-refractivity contribution >= 4 is 11.9 Å². The number of carboxylic acids is 1. The first-order chi connectivity index (χ1) is 10.6. The number of amides is 1. The first kappa shape index (κ1) is 17.3. The molecule has 0 radical (unpaired) electrons. The first-order valence-electron chi connectivity index (χ1n) is 7.29. The maximum Gasteiger partial charge on any atom is 0.416 e. The molecule has 2 unspecified atom stereocenters. The monoisotopic (exact) mass is 329 g/mol. The molecule has 1 aromatic carbocycles. The zero-order chi connectivity index (χ0) is 17.4. The fraction of sp³-hybridized carbons (Fsp3) is 0.500. The maximum absolute atomic E-state index is 12.8. The quantitative estimate of drug-likeness (QED) is 0.873. The van der Waals surface area contributed by atoms with Crippen molar-refractivity contribution in [2.24, 2.45) is 5.92 Å². The van der Waals surface area contributed by atoms with E-state index in [2.05, 4.69) is 5.32 Å². The number of benzene rings is 1. The van der Waals surface area contributed by atoms with Gasteiger partial charge in [0.15, 0.2) is 0 Å². The molecule has 2 rings (SSSR count). The van der Waals surface area contributed by atoms with Gasteiger partial charge in [0.1, 0.15) is 0 Å². The van der Waals surface area contributed by atoms with Gasteiger partial charge < -0.3 is 10.4 Å². The second-order valence-corrected chi connectivity index (χ2v) is 6.05. The highest BCUT2D eigenvalue weighted by atomic mass is 19.4. The van der Waals surface area contributed by atoms with Crippen molar-refractivity contribution in [1.29, 1.82) is 0 Å². The molecule has 1 saturated carbocycles. The fourth-order valence-corrected chi connectivity index (χ4v) is 2.45. The van der Waals surface area contributed by atoms with Crippen LogP contribution in [-0.2, 0) is 21.2 Å². The van der Waals surface area contributed by atoms with E-state index >= 15 is 0 Å². The van der Waals surface area contributed by atoms with Gasteiger partial charge in [-0.15, -0.1) is 0 Å². The third-order valence-electron chi connectivity index (χ3n) is 4.43. The molecule has 4 nitrogen and oxygen atoms in total. The minimum atomic E-state index is -4.46. The van der Waals surface area contributed by atoms with E-state index in [0.29, 0.717) is 18.4 Å². The second kappa shape index (κ2) is 5.86. The summed E-state index contributed by atoms with van der Waals surface area (Å²) in [6.07, 6.45) is -3.56. The summed E-state index contributed by atoms with van der Waals surface area (Å²) >= 11 is 0. The summed E-state index contributed by atoms with van der Waals surface area (Å²) in [5, 5.41) is 11.6. The number of hydrogen-bond donors (Lipinski definition) is 2. The maximum atomic E-state index is 12.8. The van der Waals surface area contributed by atoms with E-state index in [-0.39, 0.29) is 0 Å². The van der Waals surface area contributed by atoms with Crippen LogP contribution in [0.15, 0.2) is 24.3 Å². The van der Waals surface area contributed by atoms with Crippen LogP contribution in [0.2, 0.25) is 0 Å². The van der Waals surface area contributed by atoms with Crippen molar-refractivity contribution in [2.45, 2.75) is 44.3 Å². The molecule has 0 saturated heterocycles. The van der Waals surface area contributed by atoms with Gasteiger partial charge in [0.25, 0.3) is 0 Å². The lowest BCUT2D eigenvalue weighted by Crippen LogP contribution is -2.44. The number of halogens is 3. The lowest BCUT2D eigenvalue weighted by atomic mass is 9.92. The SMILES string of the molecule is CC(NC(=O)C1(c2cccc(C(F)(F)F)c2)CC1)C(C)C(=O)O. The highest BCUT2D eigenvalue weighted by Crippen LogP contribution is 2.49. The van der Waals surface area contributed by atoms with Gasteiger partial charge in [0.2, 0.25) is 5.91 Å². The lowest BCUT2D eigenvalue weighted by Gasteiger charge is -2.23. The zero-order valence-electron chi connectivity index (χ0n) is 12.8. The van der Waals surface area contributed by atoms with Gasteiger partial charge >= 0.3 is 12.1 Å². The standard InChI is InChI=1S/C16H18F3NO3/c1-9(13(21)22)10(2)20-14(23)15(6-7-15)11-4-3-5-12(8-11)16(17,18)19/h3-5,8-10H,6-7H2,1-2H3,(H,20,23)(H,21,22). The number of hydrogen-bond acceptors (Lipinski definition) is 2. The Bertz CT molecular complexity index is 623. The molecular weight excluding hydrogens is 311 g/mol. The molecule has 1 aromatic rings. The van der Waals surface area contributed by atoms with Crippen molar-refractivity contribution in [3.8, 4) is 0 Å². The second-order valence-electron chi connectivity index (χ2n) is 6.05. The Morgan fingerprint density at radius 3 is 2.35 bits per heavy atom. The molecule has 0 aliphatic heterocycles. The molecule has 0 bridgehead atoms. The molecule has 2 N–H and O–H groups in total. The normalized spacial score (nSPS) is 18.8. The smallest absolute Gasteiger partial charge is 0.416 e. The molecule has 7 heteroatoms. The van der Waals surface area contributed by atoms with E-state index in [9.17, 15) is 22.8 Å². The van der Waals surface area contributed by atoms with E-state index in [1.807, 2.05) is 0 Å². The zero-order valence-corrected chi connectivity index (χ0v) is 12.8. The van der Waals surface area contributed by atoms with E-state index in [1.165, 1.54) is 19.1 Å². The molecule has 1 amide bonds. The number of carbonyl (C=O) groups is 2. The molecule has 0 spiro atoms. The van der Waals surface area contributed by atoms with Crippen LogP contribution in [0.5, 0.6) is 0 Å². The van der Waals surface area contributed by atoms with Crippen molar-refractivity contribution in [2.75, 3.05) is 0 Å². The van der Waals surface area contributed by atoms with Crippen molar-refractivity contribution in [3.05, 3.63) is 35.4 Å². The van der Waals surface area contributed by atoms with Crippen molar-refractivity contribution in [1.82, 2.24) is 5.32 Å². The Morgan fingerprint density at radius 1 is 1.26 bits per heavy atom. The predicted molar refractivity (Wildman–Crippen MR) is 76.8 cm³/mol. The van der Waals surface area contributed by atoms with Crippen molar-refractivity contribution in [3.63, 3.8) is 0 Å². The molecule has 0 aromatic heterocycles. The van der Waals surface area contributed by atoms with Gasteiger partial charge in [-0.2, -0.15) is 13.2 Å². The minimum Gasteiger partial charge on any atom is -0.481 e. The highest BCUT2D eigenvalue weighted by Gasteiger charge is 2.52. The Morgan fingerprint density at radius 2 is 1.87 bits per heavy atom. The molecule has 23 heavy (non-hydrogen) atoms. The number of carboxylic acid groups (broad SMARTS) is 1. The van der Waals surface area contributed by atoms with Crippen LogP contribution in [0.4, 0.5) is 13.2 Å². The van der Waals surface area contributed by atoms with E-state index in [4.69, 9.17) is 5.11 Å². The highest BCUT2D eigenvalue weighted by molar-refractivity contribution is 5.91. The third kappa shape index (κ3) is 3.48. The summed E-state index contributed by atoms with van der Waals surface area (Å²) in [6, 6.07) is 4.15. The number of rotatable bonds is 5. The number of alkyl halides is 3. The summed E-state index contributed by atoms with van der Waals surface area (Å²) < 4.78 is 38.4. The molecule has 2 atom stereocenters. The average molecular weight is 329 g/mol. The first-order valence-corrected chi connectivity index (χ1v) is 7.29. The summed E-state index contributed by atoms with van der Waals surface area (Å²) in [5.74, 6) is -2.24. The van der Waals surface area contributed by atoms with Crippen LogP contribution in [0.3, 0.4) is 0 Å². The Kier molecular flexibility index (Phi) is 4.41. The largest absolute Gasteiger partial charge is 0.481 e. The topological polar surface area (TPSA) is 66.4 Å². The average Bonchev–Trinajstić information content (AvgIpc) is 3.27. The molecular formula is C16H18F3NO3. The molecule has 126 valence electrons. The molecule has 0 heterocycles. The molecule has 1 fully saturated rings. The number of carbonyl (C=O) groups excluding carboxylic acids is 1. The molecule has 1 aliphatic carbocycles. The predicted octanol–water partition coefficient (Wildman–Crippen LogP) is 2.96. The summed E-state index contributed by atoms with van der Waals surface area (Å²) in [6.45, 7) is 3.04. The van der Waals surface area contributed by atoms with Crippen LogP contribution < -0.4 is 5.32 Å².